The first-order valence-electron chi connectivity index (χ1n) is 6.96. The fourth-order valence-electron chi connectivity index (χ4n) is 2.50. The maximum absolute atomic E-state index is 13.6. The summed E-state index contributed by atoms with van der Waals surface area (Å²) in [5.74, 6) is -0.193. The summed E-state index contributed by atoms with van der Waals surface area (Å²) in [6.07, 6.45) is 1.50. The van der Waals surface area contributed by atoms with Gasteiger partial charge in [0.1, 0.15) is 5.82 Å². The Morgan fingerprint density at radius 3 is 3.05 bits per heavy atom. The lowest BCUT2D eigenvalue weighted by Crippen LogP contribution is -2.39. The molecule has 0 heterocycles. The zero-order chi connectivity index (χ0) is 14.7. The van der Waals surface area contributed by atoms with E-state index in [1.807, 2.05) is 6.07 Å². The van der Waals surface area contributed by atoms with Gasteiger partial charge in [-0.15, -0.1) is 0 Å². The van der Waals surface area contributed by atoms with E-state index in [4.69, 9.17) is 0 Å². The van der Waals surface area contributed by atoms with Crippen molar-refractivity contribution in [3.05, 3.63) is 35.1 Å². The molecule has 0 saturated heterocycles. The van der Waals surface area contributed by atoms with Gasteiger partial charge in [-0.25, -0.2) is 9.18 Å². The topological polar surface area (TPSA) is 52.6 Å². The molecule has 2 amide bonds. The number of hydrogen-bond acceptors (Lipinski definition) is 2. The van der Waals surface area contributed by atoms with Crippen LogP contribution < -0.4 is 5.32 Å². The molecule has 4 nitrogen and oxygen atoms in total. The van der Waals surface area contributed by atoms with E-state index in [1.165, 1.54) is 6.07 Å². The maximum Gasteiger partial charge on any atom is 0.317 e. The Kier molecular flexibility index (Phi) is 4.60. The molecule has 1 aromatic carbocycles. The van der Waals surface area contributed by atoms with Crippen molar-refractivity contribution in [3.8, 4) is 0 Å². The third kappa shape index (κ3) is 3.28. The van der Waals surface area contributed by atoms with Crippen LogP contribution in [0.3, 0.4) is 0 Å². The average Bonchev–Trinajstić information content (AvgIpc) is 2.80. The van der Waals surface area contributed by atoms with Crippen LogP contribution >= 0.6 is 0 Å². The van der Waals surface area contributed by atoms with E-state index in [0.717, 1.165) is 12.0 Å². The molecule has 1 aromatic rings. The first-order valence-corrected chi connectivity index (χ1v) is 6.96. The quantitative estimate of drug-likeness (QED) is 0.888. The smallest absolute Gasteiger partial charge is 0.317 e. The van der Waals surface area contributed by atoms with Crippen LogP contribution in [0, 0.1) is 5.82 Å². The fraction of sp³-hybridized carbons (Fsp3) is 0.533. The molecule has 2 N–H and O–H groups in total. The summed E-state index contributed by atoms with van der Waals surface area (Å²) in [4.78, 5) is 13.6. The lowest BCUT2D eigenvalue weighted by Gasteiger charge is -2.22. The van der Waals surface area contributed by atoms with Crippen LogP contribution in [0.1, 0.15) is 36.9 Å². The van der Waals surface area contributed by atoms with Crippen LogP contribution in [-0.4, -0.2) is 35.7 Å². The second-order valence-corrected chi connectivity index (χ2v) is 5.41. The molecule has 5 heteroatoms. The zero-order valence-corrected chi connectivity index (χ0v) is 11.9. The van der Waals surface area contributed by atoms with Crippen molar-refractivity contribution in [1.29, 1.82) is 0 Å². The van der Waals surface area contributed by atoms with Gasteiger partial charge in [0.2, 0.25) is 0 Å². The van der Waals surface area contributed by atoms with Gasteiger partial charge >= 0.3 is 6.03 Å². The van der Waals surface area contributed by atoms with Crippen LogP contribution in [0.15, 0.2) is 18.2 Å². The van der Waals surface area contributed by atoms with Gasteiger partial charge in [-0.05, 0) is 43.4 Å². The molecule has 2 rings (SSSR count). The SMILES string of the molecule is CC(O)CCN(C)C(=O)NC1CCc2c(F)cccc21. The predicted molar refractivity (Wildman–Crippen MR) is 74.9 cm³/mol. The van der Waals surface area contributed by atoms with Gasteiger partial charge in [0.25, 0.3) is 0 Å². The molecule has 110 valence electrons. The van der Waals surface area contributed by atoms with Crippen molar-refractivity contribution >= 4 is 6.03 Å². The first-order chi connectivity index (χ1) is 9.49. The Morgan fingerprint density at radius 1 is 1.60 bits per heavy atom. The molecule has 0 aromatic heterocycles. The Bertz CT molecular complexity index is 491. The number of urea groups is 1. The summed E-state index contributed by atoms with van der Waals surface area (Å²) in [6, 6.07) is 4.69. The number of carbonyl (C=O) groups is 1. The molecule has 0 saturated carbocycles. The average molecular weight is 280 g/mol. The number of hydrogen-bond donors (Lipinski definition) is 2. The summed E-state index contributed by atoms with van der Waals surface area (Å²) in [5, 5.41) is 12.2. The summed E-state index contributed by atoms with van der Waals surface area (Å²) in [7, 11) is 1.69. The highest BCUT2D eigenvalue weighted by atomic mass is 19.1. The van der Waals surface area contributed by atoms with Crippen LogP contribution in [0.25, 0.3) is 0 Å². The number of nitrogens with zero attached hydrogens (tertiary/aromatic N) is 1. The van der Waals surface area contributed by atoms with E-state index in [0.29, 0.717) is 24.9 Å². The summed E-state index contributed by atoms with van der Waals surface area (Å²) < 4.78 is 13.6. The van der Waals surface area contributed by atoms with Gasteiger partial charge in [0, 0.05) is 13.6 Å². The predicted octanol–water partition coefficient (Wildman–Crippen LogP) is 2.23. The molecule has 2 atom stereocenters. The van der Waals surface area contributed by atoms with E-state index in [1.54, 1.807) is 24.9 Å². The standard InChI is InChI=1S/C15H21FN2O2/c1-10(19)8-9-18(2)15(20)17-14-7-6-11-12(14)4-3-5-13(11)16/h3-5,10,14,19H,6-9H2,1-2H3,(H,17,20). The summed E-state index contributed by atoms with van der Waals surface area (Å²) in [5.41, 5.74) is 1.59. The number of benzene rings is 1. The highest BCUT2D eigenvalue weighted by Gasteiger charge is 2.26. The van der Waals surface area contributed by atoms with E-state index < -0.39 is 6.10 Å². The fourth-order valence-corrected chi connectivity index (χ4v) is 2.50. The number of nitrogens with one attached hydrogen (secondary N) is 1. The minimum Gasteiger partial charge on any atom is -0.393 e. The Labute approximate surface area is 118 Å². The lowest BCUT2D eigenvalue weighted by molar-refractivity contribution is 0.162. The lowest BCUT2D eigenvalue weighted by atomic mass is 10.1. The van der Waals surface area contributed by atoms with Crippen molar-refractivity contribution in [3.63, 3.8) is 0 Å². The molecule has 0 aliphatic heterocycles. The van der Waals surface area contributed by atoms with E-state index in [2.05, 4.69) is 5.32 Å². The Morgan fingerprint density at radius 2 is 2.35 bits per heavy atom. The van der Waals surface area contributed by atoms with E-state index in [-0.39, 0.29) is 17.9 Å². The van der Waals surface area contributed by atoms with Gasteiger partial charge in [-0.2, -0.15) is 0 Å². The number of carbonyl (C=O) groups excluding carboxylic acids is 1. The van der Waals surface area contributed by atoms with Crippen molar-refractivity contribution in [2.24, 2.45) is 0 Å². The molecule has 0 fully saturated rings. The van der Waals surface area contributed by atoms with E-state index in [9.17, 15) is 14.3 Å². The van der Waals surface area contributed by atoms with Crippen LogP contribution in [0.5, 0.6) is 0 Å². The van der Waals surface area contributed by atoms with Crippen LogP contribution in [0.2, 0.25) is 0 Å². The number of amides is 2. The van der Waals surface area contributed by atoms with Crippen molar-refractivity contribution in [2.45, 2.75) is 38.3 Å². The van der Waals surface area contributed by atoms with Crippen LogP contribution in [-0.2, 0) is 6.42 Å². The Balaban J connectivity index is 1.96. The molecule has 0 radical (unpaired) electrons. The number of halogens is 1. The third-order valence-electron chi connectivity index (χ3n) is 3.74. The van der Waals surface area contributed by atoms with Gasteiger partial charge < -0.3 is 15.3 Å². The van der Waals surface area contributed by atoms with Gasteiger partial charge in [-0.3, -0.25) is 0 Å². The van der Waals surface area contributed by atoms with Gasteiger partial charge in [0.05, 0.1) is 12.1 Å². The normalized spacial score (nSPS) is 18.5. The molecular weight excluding hydrogens is 259 g/mol. The van der Waals surface area contributed by atoms with Gasteiger partial charge in [0.15, 0.2) is 0 Å². The molecule has 0 bridgehead atoms. The van der Waals surface area contributed by atoms with Crippen molar-refractivity contribution in [1.82, 2.24) is 10.2 Å². The second-order valence-electron chi connectivity index (χ2n) is 5.41. The largest absolute Gasteiger partial charge is 0.393 e. The second kappa shape index (κ2) is 6.22. The number of fused-ring (bicyclic) bond motifs is 1. The molecule has 20 heavy (non-hydrogen) atoms. The number of aliphatic hydroxyl groups is 1. The maximum atomic E-state index is 13.6. The van der Waals surface area contributed by atoms with Crippen LogP contribution in [0.4, 0.5) is 9.18 Å². The molecular formula is C15H21FN2O2. The monoisotopic (exact) mass is 280 g/mol. The van der Waals surface area contributed by atoms with Crippen molar-refractivity contribution in [2.75, 3.05) is 13.6 Å². The highest BCUT2D eigenvalue weighted by Crippen LogP contribution is 2.32. The highest BCUT2D eigenvalue weighted by molar-refractivity contribution is 5.74. The summed E-state index contributed by atoms with van der Waals surface area (Å²) in [6.45, 7) is 2.19. The summed E-state index contributed by atoms with van der Waals surface area (Å²) >= 11 is 0. The molecule has 2 unspecified atom stereocenters. The van der Waals surface area contributed by atoms with Crippen molar-refractivity contribution < 1.29 is 14.3 Å². The zero-order valence-electron chi connectivity index (χ0n) is 11.9. The van der Waals surface area contributed by atoms with E-state index >= 15 is 0 Å². The third-order valence-corrected chi connectivity index (χ3v) is 3.74. The first kappa shape index (κ1) is 14.8. The minimum absolute atomic E-state index is 0.123. The minimum atomic E-state index is -0.424. The Hall–Kier alpha value is -1.62. The number of rotatable bonds is 4. The molecule has 1 aliphatic carbocycles. The molecule has 1 aliphatic rings. The van der Waals surface area contributed by atoms with Gasteiger partial charge in [-0.1, -0.05) is 12.1 Å². The number of aliphatic hydroxyl groups excluding tert-OH is 1. The molecule has 0 spiro atoms.